The molecule has 0 fully saturated rings. The molecule has 4 rings (SSSR count). The number of esters is 1. The zero-order valence-electron chi connectivity index (χ0n) is 19.6. The molecule has 0 N–H and O–H groups in total. The van der Waals surface area contributed by atoms with Crippen LogP contribution in [-0.4, -0.2) is 48.4 Å². The second-order valence-corrected chi connectivity index (χ2v) is 8.10. The van der Waals surface area contributed by atoms with Crippen LogP contribution in [0.5, 0.6) is 11.5 Å². The van der Waals surface area contributed by atoms with Crippen molar-refractivity contribution in [1.29, 1.82) is 0 Å². The fourth-order valence-electron chi connectivity index (χ4n) is 4.06. The first-order chi connectivity index (χ1) is 16.4. The van der Waals surface area contributed by atoms with Gasteiger partial charge in [-0.15, -0.1) is 0 Å². The number of anilines is 1. The molecule has 0 bridgehead atoms. The van der Waals surface area contributed by atoms with E-state index in [0.717, 1.165) is 17.7 Å². The molecule has 34 heavy (non-hydrogen) atoms. The standard InChI is InChI=1S/C25H27N3O6/c1-15-13-17-7-5-6-8-19(17)28(15)25(30)16(2)33-23(29)12-11-22-26-24(27-34-22)18-9-10-20(31-3)21(14-18)32-4/h5-10,14-16H,11-13H2,1-4H3/t15-,16-/m1/s1. The third-order valence-corrected chi connectivity index (χ3v) is 5.75. The number of nitrogens with zero attached hydrogens (tertiary/aromatic N) is 3. The van der Waals surface area contributed by atoms with Crippen molar-refractivity contribution in [2.24, 2.45) is 0 Å². The van der Waals surface area contributed by atoms with E-state index in [1.807, 2.05) is 31.2 Å². The molecule has 0 saturated heterocycles. The number of amides is 1. The van der Waals surface area contributed by atoms with Gasteiger partial charge in [-0.3, -0.25) is 9.59 Å². The predicted octanol–water partition coefficient (Wildman–Crippen LogP) is 3.60. The van der Waals surface area contributed by atoms with Gasteiger partial charge in [-0.25, -0.2) is 0 Å². The zero-order valence-corrected chi connectivity index (χ0v) is 19.6. The number of rotatable bonds is 8. The molecular formula is C25H27N3O6. The minimum Gasteiger partial charge on any atom is -0.493 e. The van der Waals surface area contributed by atoms with Gasteiger partial charge in [0.25, 0.3) is 5.91 Å². The van der Waals surface area contributed by atoms with E-state index in [-0.39, 0.29) is 24.8 Å². The Morgan fingerprint density at radius 1 is 1.15 bits per heavy atom. The van der Waals surface area contributed by atoms with E-state index in [1.165, 1.54) is 0 Å². The minimum absolute atomic E-state index is 0.0112. The van der Waals surface area contributed by atoms with E-state index in [9.17, 15) is 9.59 Å². The van der Waals surface area contributed by atoms with Crippen LogP contribution in [0.4, 0.5) is 5.69 Å². The molecule has 2 aromatic carbocycles. The van der Waals surface area contributed by atoms with Crippen LogP contribution in [0.3, 0.4) is 0 Å². The number of carbonyl (C=O) groups is 2. The summed E-state index contributed by atoms with van der Waals surface area (Å²) in [6.45, 7) is 3.58. The number of carbonyl (C=O) groups excluding carboxylic acids is 2. The fourth-order valence-corrected chi connectivity index (χ4v) is 4.06. The van der Waals surface area contributed by atoms with Gasteiger partial charge < -0.3 is 23.6 Å². The molecule has 178 valence electrons. The van der Waals surface area contributed by atoms with Gasteiger partial charge in [0.15, 0.2) is 17.6 Å². The van der Waals surface area contributed by atoms with Crippen molar-refractivity contribution in [2.75, 3.05) is 19.1 Å². The Kier molecular flexibility index (Phi) is 6.81. The predicted molar refractivity (Wildman–Crippen MR) is 124 cm³/mol. The Balaban J connectivity index is 1.33. The molecule has 0 unspecified atom stereocenters. The highest BCUT2D eigenvalue weighted by molar-refractivity contribution is 5.99. The molecule has 1 aliphatic rings. The second kappa shape index (κ2) is 9.94. The van der Waals surface area contributed by atoms with Gasteiger partial charge in [0.05, 0.1) is 20.6 Å². The number of para-hydroxylation sites is 1. The summed E-state index contributed by atoms with van der Waals surface area (Å²) in [5.41, 5.74) is 2.68. The number of benzene rings is 2. The average molecular weight is 466 g/mol. The van der Waals surface area contributed by atoms with Crippen molar-refractivity contribution in [3.8, 4) is 22.9 Å². The van der Waals surface area contributed by atoms with Crippen molar-refractivity contribution < 1.29 is 28.3 Å². The Morgan fingerprint density at radius 2 is 1.91 bits per heavy atom. The van der Waals surface area contributed by atoms with E-state index in [0.29, 0.717) is 28.8 Å². The van der Waals surface area contributed by atoms with E-state index < -0.39 is 12.1 Å². The smallest absolute Gasteiger partial charge is 0.307 e. The quantitative estimate of drug-likeness (QED) is 0.465. The van der Waals surface area contributed by atoms with Crippen LogP contribution in [0.25, 0.3) is 11.4 Å². The summed E-state index contributed by atoms with van der Waals surface area (Å²) < 4.78 is 21.2. The minimum atomic E-state index is -0.897. The molecule has 0 radical (unpaired) electrons. The molecule has 1 aromatic heterocycles. The highest BCUT2D eigenvalue weighted by atomic mass is 16.5. The Hall–Kier alpha value is -3.88. The summed E-state index contributed by atoms with van der Waals surface area (Å²) in [6, 6.07) is 13.1. The number of fused-ring (bicyclic) bond motifs is 1. The molecule has 1 aliphatic heterocycles. The van der Waals surface area contributed by atoms with Crippen LogP contribution >= 0.6 is 0 Å². The third kappa shape index (κ3) is 4.73. The van der Waals surface area contributed by atoms with E-state index in [1.54, 1.807) is 44.2 Å². The van der Waals surface area contributed by atoms with Gasteiger partial charge in [0, 0.05) is 23.7 Å². The lowest BCUT2D eigenvalue weighted by molar-refractivity contribution is -0.154. The van der Waals surface area contributed by atoms with E-state index in [4.69, 9.17) is 18.7 Å². The van der Waals surface area contributed by atoms with Crippen LogP contribution in [0.1, 0.15) is 31.7 Å². The summed E-state index contributed by atoms with van der Waals surface area (Å²) in [7, 11) is 3.10. The number of ether oxygens (including phenoxy) is 3. The number of methoxy groups -OCH3 is 2. The summed E-state index contributed by atoms with van der Waals surface area (Å²) in [5, 5.41) is 3.97. The highest BCUT2D eigenvalue weighted by Crippen LogP contribution is 2.33. The highest BCUT2D eigenvalue weighted by Gasteiger charge is 2.34. The lowest BCUT2D eigenvalue weighted by atomic mass is 10.1. The topological polar surface area (TPSA) is 104 Å². The molecule has 3 aromatic rings. The van der Waals surface area contributed by atoms with Crippen LogP contribution in [0.2, 0.25) is 0 Å². The van der Waals surface area contributed by atoms with Crippen LogP contribution in [0.15, 0.2) is 47.0 Å². The van der Waals surface area contributed by atoms with E-state index >= 15 is 0 Å². The fraction of sp³-hybridized carbons (Fsp3) is 0.360. The van der Waals surface area contributed by atoms with Gasteiger partial charge in [0.2, 0.25) is 11.7 Å². The summed E-state index contributed by atoms with van der Waals surface area (Å²) in [4.78, 5) is 31.4. The SMILES string of the molecule is COc1ccc(-c2noc(CCC(=O)O[C@H](C)C(=O)N3c4ccccc4C[C@H]3C)n2)cc1OC. The summed E-state index contributed by atoms with van der Waals surface area (Å²) >= 11 is 0. The lowest BCUT2D eigenvalue weighted by Gasteiger charge is -2.25. The van der Waals surface area contributed by atoms with E-state index in [2.05, 4.69) is 10.1 Å². The number of hydrogen-bond acceptors (Lipinski definition) is 8. The maximum absolute atomic E-state index is 13.0. The normalized spacial score (nSPS) is 15.5. The first-order valence-electron chi connectivity index (χ1n) is 11.1. The van der Waals surface area contributed by atoms with Crippen molar-refractivity contribution in [1.82, 2.24) is 10.1 Å². The zero-order chi connectivity index (χ0) is 24.2. The molecule has 9 nitrogen and oxygen atoms in total. The molecule has 0 saturated carbocycles. The van der Waals surface area contributed by atoms with Gasteiger partial charge in [0.1, 0.15) is 0 Å². The van der Waals surface area contributed by atoms with Crippen molar-refractivity contribution >= 4 is 17.6 Å². The van der Waals surface area contributed by atoms with Gasteiger partial charge in [-0.1, -0.05) is 23.4 Å². The molecule has 1 amide bonds. The first-order valence-corrected chi connectivity index (χ1v) is 11.1. The lowest BCUT2D eigenvalue weighted by Crippen LogP contribution is -2.43. The molecular weight excluding hydrogens is 438 g/mol. The van der Waals surface area contributed by atoms with Crippen molar-refractivity contribution in [3.05, 3.63) is 53.9 Å². The molecule has 2 atom stereocenters. The average Bonchev–Trinajstić information content (AvgIpc) is 3.45. The number of hydrogen-bond donors (Lipinski definition) is 0. The Bertz CT molecular complexity index is 1190. The molecule has 9 heteroatoms. The Labute approximate surface area is 197 Å². The van der Waals surface area contributed by atoms with Crippen molar-refractivity contribution in [3.63, 3.8) is 0 Å². The van der Waals surface area contributed by atoms with Crippen LogP contribution in [0, 0.1) is 0 Å². The maximum Gasteiger partial charge on any atom is 0.307 e. The summed E-state index contributed by atoms with van der Waals surface area (Å²) in [5.74, 6) is 1.06. The number of aromatic nitrogens is 2. The number of aryl methyl sites for hydroxylation is 1. The largest absolute Gasteiger partial charge is 0.493 e. The summed E-state index contributed by atoms with van der Waals surface area (Å²) in [6.07, 6.45) is 0.0914. The van der Waals surface area contributed by atoms with Crippen LogP contribution in [-0.2, 0) is 27.2 Å². The van der Waals surface area contributed by atoms with Crippen molar-refractivity contribution in [2.45, 2.75) is 45.3 Å². The first kappa shape index (κ1) is 23.3. The third-order valence-electron chi connectivity index (χ3n) is 5.75. The second-order valence-electron chi connectivity index (χ2n) is 8.10. The molecule has 0 spiro atoms. The monoisotopic (exact) mass is 465 g/mol. The van der Waals surface area contributed by atoms with Gasteiger partial charge in [-0.2, -0.15) is 4.98 Å². The molecule has 2 heterocycles. The Morgan fingerprint density at radius 3 is 2.68 bits per heavy atom. The molecule has 0 aliphatic carbocycles. The maximum atomic E-state index is 13.0. The van der Waals surface area contributed by atoms with Crippen LogP contribution < -0.4 is 14.4 Å². The van der Waals surface area contributed by atoms with Gasteiger partial charge >= 0.3 is 5.97 Å². The van der Waals surface area contributed by atoms with Gasteiger partial charge in [-0.05, 0) is 50.1 Å².